The number of ether oxygens (including phenoxy) is 2. The van der Waals surface area contributed by atoms with E-state index in [2.05, 4.69) is 0 Å². The monoisotopic (exact) mass is 392 g/mol. The third-order valence-electron chi connectivity index (χ3n) is 4.00. The van der Waals surface area contributed by atoms with Crippen LogP contribution in [0.5, 0.6) is 11.5 Å². The molecule has 0 saturated heterocycles. The average molecular weight is 393 g/mol. The fourth-order valence-electron chi connectivity index (χ4n) is 2.54. The number of hydrogen-bond acceptors (Lipinski definition) is 4. The van der Waals surface area contributed by atoms with E-state index in [0.717, 1.165) is 5.56 Å². The van der Waals surface area contributed by atoms with Crippen LogP contribution in [0.1, 0.15) is 26.3 Å². The Morgan fingerprint density at radius 2 is 1.57 bits per heavy atom. The van der Waals surface area contributed by atoms with Crippen LogP contribution < -0.4 is 9.47 Å². The highest BCUT2D eigenvalue weighted by atomic mass is 35.5. The summed E-state index contributed by atoms with van der Waals surface area (Å²) in [6, 6.07) is 20.4. The number of esters is 1. The maximum Gasteiger partial charge on any atom is 0.345 e. The van der Waals surface area contributed by atoms with Gasteiger partial charge in [0.25, 0.3) is 0 Å². The van der Waals surface area contributed by atoms with Crippen molar-refractivity contribution in [2.24, 2.45) is 0 Å². The number of carbonyl (C=O) groups is 2. The third-order valence-corrected chi connectivity index (χ3v) is 4.33. The summed E-state index contributed by atoms with van der Waals surface area (Å²) in [4.78, 5) is 24.5. The molecule has 0 N–H and O–H groups in total. The van der Waals surface area contributed by atoms with Crippen LogP contribution in [-0.4, -0.2) is 18.9 Å². The van der Waals surface area contributed by atoms with Gasteiger partial charge in [-0.25, -0.2) is 4.79 Å². The quantitative estimate of drug-likeness (QED) is 0.242. The molecule has 3 rings (SSSR count). The van der Waals surface area contributed by atoms with Crippen molar-refractivity contribution in [1.29, 1.82) is 0 Å². The first-order valence-corrected chi connectivity index (χ1v) is 8.88. The van der Waals surface area contributed by atoms with Crippen molar-refractivity contribution in [2.75, 3.05) is 7.11 Å². The highest BCUT2D eigenvalue weighted by Crippen LogP contribution is 2.21. The number of benzene rings is 3. The van der Waals surface area contributed by atoms with Gasteiger partial charge in [0, 0.05) is 11.1 Å². The highest BCUT2D eigenvalue weighted by Gasteiger charge is 2.12. The first-order chi connectivity index (χ1) is 13.6. The van der Waals surface area contributed by atoms with Crippen LogP contribution >= 0.6 is 11.6 Å². The van der Waals surface area contributed by atoms with E-state index in [1.807, 2.05) is 24.3 Å². The number of hydrogen-bond donors (Lipinski definition) is 0. The molecule has 0 atom stereocenters. The van der Waals surface area contributed by atoms with Crippen LogP contribution in [0.4, 0.5) is 0 Å². The Morgan fingerprint density at radius 3 is 2.29 bits per heavy atom. The van der Waals surface area contributed by atoms with Crippen LogP contribution in [0, 0.1) is 0 Å². The van der Waals surface area contributed by atoms with Gasteiger partial charge >= 0.3 is 5.97 Å². The lowest BCUT2D eigenvalue weighted by atomic mass is 10.1. The van der Waals surface area contributed by atoms with Crippen LogP contribution in [-0.2, 0) is 0 Å². The van der Waals surface area contributed by atoms with Gasteiger partial charge in [-0.15, -0.1) is 0 Å². The van der Waals surface area contributed by atoms with E-state index in [0.29, 0.717) is 22.1 Å². The van der Waals surface area contributed by atoms with E-state index in [1.165, 1.54) is 6.08 Å². The fourth-order valence-corrected chi connectivity index (χ4v) is 2.75. The summed E-state index contributed by atoms with van der Waals surface area (Å²) in [6.07, 6.45) is 3.18. The molecule has 5 heteroatoms. The second-order valence-electron chi connectivity index (χ2n) is 5.83. The second kappa shape index (κ2) is 9.02. The maximum absolute atomic E-state index is 12.4. The first-order valence-electron chi connectivity index (χ1n) is 8.50. The van der Waals surface area contributed by atoms with Crippen molar-refractivity contribution in [3.63, 3.8) is 0 Å². The summed E-state index contributed by atoms with van der Waals surface area (Å²) < 4.78 is 10.6. The van der Waals surface area contributed by atoms with Gasteiger partial charge in [0.2, 0.25) is 0 Å². The number of methoxy groups -OCH3 is 1. The number of para-hydroxylation sites is 1. The zero-order valence-corrected chi connectivity index (χ0v) is 15.8. The largest absolute Gasteiger partial charge is 0.496 e. The van der Waals surface area contributed by atoms with Crippen LogP contribution in [0.2, 0.25) is 5.02 Å². The van der Waals surface area contributed by atoms with Gasteiger partial charge in [-0.3, -0.25) is 4.79 Å². The second-order valence-corrected chi connectivity index (χ2v) is 6.24. The molecule has 0 heterocycles. The SMILES string of the molecule is COc1ccccc1/C=C/C(=O)c1ccc(OC(=O)c2ccccc2Cl)cc1. The van der Waals surface area contributed by atoms with Gasteiger partial charge in [0.15, 0.2) is 5.78 Å². The van der Waals surface area contributed by atoms with Gasteiger partial charge < -0.3 is 9.47 Å². The van der Waals surface area contributed by atoms with Gasteiger partial charge in [0.05, 0.1) is 17.7 Å². The molecule has 3 aromatic rings. The van der Waals surface area contributed by atoms with E-state index >= 15 is 0 Å². The smallest absolute Gasteiger partial charge is 0.345 e. The molecule has 28 heavy (non-hydrogen) atoms. The molecule has 0 fully saturated rings. The highest BCUT2D eigenvalue weighted by molar-refractivity contribution is 6.33. The van der Waals surface area contributed by atoms with Crippen LogP contribution in [0.15, 0.2) is 78.9 Å². The standard InChI is InChI=1S/C23H17ClO4/c1-27-22-9-5-2-6-17(22)12-15-21(25)16-10-13-18(14-11-16)28-23(26)19-7-3-4-8-20(19)24/h2-15H,1H3/b15-12+. The molecule has 3 aromatic carbocycles. The number of halogens is 1. The molecule has 0 aliphatic heterocycles. The number of ketones is 1. The molecule has 140 valence electrons. The Labute approximate surface area is 168 Å². The topological polar surface area (TPSA) is 52.6 Å². The minimum Gasteiger partial charge on any atom is -0.496 e. The summed E-state index contributed by atoms with van der Waals surface area (Å²) in [6.45, 7) is 0. The lowest BCUT2D eigenvalue weighted by Crippen LogP contribution is -2.09. The van der Waals surface area contributed by atoms with Crippen molar-refractivity contribution in [3.8, 4) is 11.5 Å². The lowest BCUT2D eigenvalue weighted by molar-refractivity contribution is 0.0735. The molecular formula is C23H17ClO4. The Morgan fingerprint density at radius 1 is 0.893 bits per heavy atom. The molecule has 0 saturated carbocycles. The molecule has 0 aromatic heterocycles. The average Bonchev–Trinajstić information content (AvgIpc) is 2.73. The van der Waals surface area contributed by atoms with E-state index in [9.17, 15) is 9.59 Å². The zero-order valence-electron chi connectivity index (χ0n) is 15.1. The summed E-state index contributed by atoms with van der Waals surface area (Å²) in [7, 11) is 1.58. The molecule has 4 nitrogen and oxygen atoms in total. The van der Waals surface area contributed by atoms with E-state index in [-0.39, 0.29) is 11.3 Å². The molecule has 0 spiro atoms. The minimum absolute atomic E-state index is 0.171. The molecular weight excluding hydrogens is 376 g/mol. The molecule has 0 unspecified atom stereocenters. The Bertz CT molecular complexity index is 1020. The Kier molecular flexibility index (Phi) is 6.25. The van der Waals surface area contributed by atoms with E-state index in [1.54, 1.807) is 61.7 Å². The lowest BCUT2D eigenvalue weighted by Gasteiger charge is -2.06. The molecule has 0 bridgehead atoms. The zero-order chi connectivity index (χ0) is 19.9. The van der Waals surface area contributed by atoms with Crippen molar-refractivity contribution in [2.45, 2.75) is 0 Å². The normalized spacial score (nSPS) is 10.6. The Balaban J connectivity index is 1.68. The summed E-state index contributed by atoms with van der Waals surface area (Å²) in [5.74, 6) is 0.291. The third kappa shape index (κ3) is 4.67. The van der Waals surface area contributed by atoms with E-state index < -0.39 is 5.97 Å². The van der Waals surface area contributed by atoms with Crippen LogP contribution in [0.3, 0.4) is 0 Å². The molecule has 0 aliphatic carbocycles. The number of rotatable bonds is 6. The van der Waals surface area contributed by atoms with Gasteiger partial charge in [0.1, 0.15) is 11.5 Å². The van der Waals surface area contributed by atoms with E-state index in [4.69, 9.17) is 21.1 Å². The Hall–Kier alpha value is -3.37. The van der Waals surface area contributed by atoms with Crippen LogP contribution in [0.25, 0.3) is 6.08 Å². The van der Waals surface area contributed by atoms with Crippen molar-refractivity contribution in [1.82, 2.24) is 0 Å². The van der Waals surface area contributed by atoms with Gasteiger partial charge in [-0.05, 0) is 54.6 Å². The van der Waals surface area contributed by atoms with Crippen molar-refractivity contribution in [3.05, 3.63) is 101 Å². The predicted molar refractivity (Wildman–Crippen MR) is 109 cm³/mol. The summed E-state index contributed by atoms with van der Waals surface area (Å²) >= 11 is 6.00. The van der Waals surface area contributed by atoms with Crippen molar-refractivity contribution >= 4 is 29.4 Å². The maximum atomic E-state index is 12.4. The summed E-state index contributed by atoms with van der Waals surface area (Å²) in [5.41, 5.74) is 1.57. The molecule has 0 amide bonds. The molecule has 0 radical (unpaired) electrons. The number of allylic oxidation sites excluding steroid dienone is 1. The van der Waals surface area contributed by atoms with Crippen molar-refractivity contribution < 1.29 is 19.1 Å². The minimum atomic E-state index is -0.555. The number of carbonyl (C=O) groups excluding carboxylic acids is 2. The predicted octanol–water partition coefficient (Wildman–Crippen LogP) is 5.46. The first kappa shape index (κ1) is 19.4. The van der Waals surface area contributed by atoms with Gasteiger partial charge in [-0.1, -0.05) is 41.9 Å². The van der Waals surface area contributed by atoms with Gasteiger partial charge in [-0.2, -0.15) is 0 Å². The molecule has 0 aliphatic rings. The fraction of sp³-hybridized carbons (Fsp3) is 0.0435. The summed E-state index contributed by atoms with van der Waals surface area (Å²) in [5, 5.41) is 0.320.